The summed E-state index contributed by atoms with van der Waals surface area (Å²) in [7, 11) is 0. The predicted molar refractivity (Wildman–Crippen MR) is 151 cm³/mol. The zero-order valence-electron chi connectivity index (χ0n) is 22.3. The Labute approximate surface area is 219 Å². The minimum Gasteiger partial charge on any atom is -0.449 e. The van der Waals surface area contributed by atoms with E-state index in [1.807, 2.05) is 18.2 Å². The standard InChI is InChI=1S/C34H34O3/c1-22-19-30-31(34(4,5)18-17-33(30,2)3)21-28(22)29-20-25(13-16-27(29)24-9-7-6-8-10-24)23-11-14-26(15-12-23)37-32(35)36/h6-16,19-21H,17-18H2,1-5H3,(H,35,36). The number of fused-ring (bicyclic) bond motifs is 1. The zero-order valence-corrected chi connectivity index (χ0v) is 22.3. The minimum atomic E-state index is -1.31. The molecule has 0 atom stereocenters. The molecular weight excluding hydrogens is 456 g/mol. The summed E-state index contributed by atoms with van der Waals surface area (Å²) in [5.41, 5.74) is 11.4. The first-order valence-corrected chi connectivity index (χ1v) is 12.9. The Hall–Kier alpha value is -3.85. The van der Waals surface area contributed by atoms with E-state index in [4.69, 9.17) is 9.84 Å². The van der Waals surface area contributed by atoms with Crippen LogP contribution in [0.4, 0.5) is 4.79 Å². The van der Waals surface area contributed by atoms with Crippen LogP contribution in [0.3, 0.4) is 0 Å². The van der Waals surface area contributed by atoms with Crippen molar-refractivity contribution < 1.29 is 14.6 Å². The Bertz CT molecular complexity index is 1460. The molecule has 0 saturated heterocycles. The first-order chi connectivity index (χ1) is 17.5. The van der Waals surface area contributed by atoms with Crippen molar-refractivity contribution in [1.82, 2.24) is 0 Å². The first kappa shape index (κ1) is 24.8. The fourth-order valence-corrected chi connectivity index (χ4v) is 5.64. The molecule has 5 rings (SSSR count). The summed E-state index contributed by atoms with van der Waals surface area (Å²) in [6.07, 6.45) is 1.06. The van der Waals surface area contributed by atoms with E-state index in [9.17, 15) is 4.79 Å². The lowest BCUT2D eigenvalue weighted by Crippen LogP contribution is -2.34. The molecule has 1 aliphatic carbocycles. The van der Waals surface area contributed by atoms with Gasteiger partial charge in [-0.05, 0) is 98.9 Å². The fraction of sp³-hybridized carbons (Fsp3) is 0.265. The van der Waals surface area contributed by atoms with Gasteiger partial charge in [-0.1, -0.05) is 94.4 Å². The van der Waals surface area contributed by atoms with Gasteiger partial charge < -0.3 is 9.84 Å². The van der Waals surface area contributed by atoms with Crippen molar-refractivity contribution in [3.05, 3.63) is 102 Å². The molecule has 0 spiro atoms. The molecule has 4 aromatic rings. The minimum absolute atomic E-state index is 0.123. The van der Waals surface area contributed by atoms with Gasteiger partial charge in [-0.25, -0.2) is 4.79 Å². The summed E-state index contributed by atoms with van der Waals surface area (Å²) in [6, 6.07) is 29.2. The molecule has 0 bridgehead atoms. The third-order valence-corrected chi connectivity index (χ3v) is 7.99. The van der Waals surface area contributed by atoms with Crippen LogP contribution in [0.5, 0.6) is 5.75 Å². The van der Waals surface area contributed by atoms with Crippen molar-refractivity contribution in [2.24, 2.45) is 0 Å². The first-order valence-electron chi connectivity index (χ1n) is 12.9. The maximum Gasteiger partial charge on any atom is 0.511 e. The molecule has 0 saturated carbocycles. The molecule has 3 heteroatoms. The number of carboxylic acid groups (broad SMARTS) is 1. The van der Waals surface area contributed by atoms with Crippen molar-refractivity contribution in [2.75, 3.05) is 0 Å². The van der Waals surface area contributed by atoms with Crippen molar-refractivity contribution >= 4 is 6.16 Å². The summed E-state index contributed by atoms with van der Waals surface area (Å²) in [6.45, 7) is 11.7. The number of aryl methyl sites for hydroxylation is 1. The number of rotatable bonds is 4. The molecule has 0 fully saturated rings. The molecule has 0 heterocycles. The topological polar surface area (TPSA) is 46.5 Å². The SMILES string of the molecule is Cc1cc2c(cc1-c1cc(-c3ccc(OC(=O)O)cc3)ccc1-c1ccccc1)C(C)(C)CCC2(C)C. The largest absolute Gasteiger partial charge is 0.511 e. The molecule has 0 aromatic heterocycles. The van der Waals surface area contributed by atoms with Crippen LogP contribution in [-0.4, -0.2) is 11.3 Å². The number of hydrogen-bond donors (Lipinski definition) is 1. The van der Waals surface area contributed by atoms with Crippen molar-refractivity contribution in [3.8, 4) is 39.1 Å². The van der Waals surface area contributed by atoms with Gasteiger partial charge in [0.1, 0.15) is 5.75 Å². The second-order valence-electron chi connectivity index (χ2n) is 11.5. The van der Waals surface area contributed by atoms with E-state index >= 15 is 0 Å². The lowest BCUT2D eigenvalue weighted by Gasteiger charge is -2.42. The van der Waals surface area contributed by atoms with Gasteiger partial charge in [0.2, 0.25) is 0 Å². The number of ether oxygens (including phenoxy) is 1. The summed E-state index contributed by atoms with van der Waals surface area (Å²) in [4.78, 5) is 10.9. The van der Waals surface area contributed by atoms with Gasteiger partial charge in [0, 0.05) is 0 Å². The van der Waals surface area contributed by atoms with E-state index in [2.05, 4.69) is 89.2 Å². The average molecular weight is 491 g/mol. The fourth-order valence-electron chi connectivity index (χ4n) is 5.64. The quantitative estimate of drug-likeness (QED) is 0.229. The van der Waals surface area contributed by atoms with Gasteiger partial charge in [-0.2, -0.15) is 0 Å². The normalized spacial score (nSPS) is 15.6. The van der Waals surface area contributed by atoms with Crippen LogP contribution in [-0.2, 0) is 10.8 Å². The molecule has 0 amide bonds. The number of benzene rings is 4. The Morgan fingerprint density at radius 3 is 1.89 bits per heavy atom. The van der Waals surface area contributed by atoms with Crippen molar-refractivity contribution in [2.45, 2.75) is 58.3 Å². The predicted octanol–water partition coefficient (Wildman–Crippen LogP) is 9.40. The van der Waals surface area contributed by atoms with E-state index in [1.54, 1.807) is 12.1 Å². The monoisotopic (exact) mass is 490 g/mol. The Kier molecular flexibility index (Phi) is 6.19. The van der Waals surface area contributed by atoms with Crippen LogP contribution in [0.25, 0.3) is 33.4 Å². The summed E-state index contributed by atoms with van der Waals surface area (Å²) < 4.78 is 4.80. The van der Waals surface area contributed by atoms with E-state index < -0.39 is 6.16 Å². The maximum atomic E-state index is 10.9. The molecule has 3 nitrogen and oxygen atoms in total. The molecule has 1 N–H and O–H groups in total. The van der Waals surface area contributed by atoms with E-state index in [0.717, 1.165) is 11.1 Å². The molecule has 0 radical (unpaired) electrons. The average Bonchev–Trinajstić information content (AvgIpc) is 2.87. The summed E-state index contributed by atoms with van der Waals surface area (Å²) in [5.74, 6) is 0.313. The van der Waals surface area contributed by atoms with Gasteiger partial charge >= 0.3 is 6.16 Å². The third kappa shape index (κ3) is 4.79. The van der Waals surface area contributed by atoms with Gasteiger partial charge in [0.15, 0.2) is 0 Å². The highest BCUT2D eigenvalue weighted by Crippen LogP contribution is 2.48. The highest BCUT2D eigenvalue weighted by Gasteiger charge is 2.37. The van der Waals surface area contributed by atoms with Crippen LogP contribution in [0.15, 0.2) is 84.9 Å². The zero-order chi connectivity index (χ0) is 26.4. The molecule has 188 valence electrons. The van der Waals surface area contributed by atoms with E-state index in [0.29, 0.717) is 5.75 Å². The molecular formula is C34H34O3. The maximum absolute atomic E-state index is 10.9. The van der Waals surface area contributed by atoms with Gasteiger partial charge in [0.25, 0.3) is 0 Å². The smallest absolute Gasteiger partial charge is 0.449 e. The Balaban J connectivity index is 1.70. The lowest BCUT2D eigenvalue weighted by atomic mass is 9.62. The summed E-state index contributed by atoms with van der Waals surface area (Å²) >= 11 is 0. The molecule has 0 aliphatic heterocycles. The Morgan fingerprint density at radius 2 is 1.27 bits per heavy atom. The Morgan fingerprint density at radius 1 is 0.676 bits per heavy atom. The van der Waals surface area contributed by atoms with Gasteiger partial charge in [-0.15, -0.1) is 0 Å². The summed E-state index contributed by atoms with van der Waals surface area (Å²) in [5, 5.41) is 8.91. The number of carbonyl (C=O) groups is 1. The van der Waals surface area contributed by atoms with Crippen LogP contribution in [0.2, 0.25) is 0 Å². The molecule has 0 unspecified atom stereocenters. The second-order valence-corrected chi connectivity index (χ2v) is 11.5. The van der Waals surface area contributed by atoms with E-state index in [1.165, 1.54) is 51.8 Å². The highest BCUT2D eigenvalue weighted by atomic mass is 16.7. The van der Waals surface area contributed by atoms with E-state index in [-0.39, 0.29) is 10.8 Å². The van der Waals surface area contributed by atoms with Crippen LogP contribution < -0.4 is 4.74 Å². The third-order valence-electron chi connectivity index (χ3n) is 7.99. The second kappa shape index (κ2) is 9.23. The van der Waals surface area contributed by atoms with Gasteiger partial charge in [-0.3, -0.25) is 0 Å². The van der Waals surface area contributed by atoms with Crippen molar-refractivity contribution in [1.29, 1.82) is 0 Å². The number of hydrogen-bond acceptors (Lipinski definition) is 2. The van der Waals surface area contributed by atoms with Crippen LogP contribution >= 0.6 is 0 Å². The van der Waals surface area contributed by atoms with Gasteiger partial charge in [0.05, 0.1) is 0 Å². The molecule has 37 heavy (non-hydrogen) atoms. The molecule has 1 aliphatic rings. The van der Waals surface area contributed by atoms with Crippen LogP contribution in [0, 0.1) is 6.92 Å². The molecule has 4 aromatic carbocycles. The lowest BCUT2D eigenvalue weighted by molar-refractivity contribution is 0.144. The van der Waals surface area contributed by atoms with Crippen molar-refractivity contribution in [3.63, 3.8) is 0 Å². The van der Waals surface area contributed by atoms with Crippen LogP contribution in [0.1, 0.15) is 57.2 Å². The highest BCUT2D eigenvalue weighted by molar-refractivity contribution is 5.89.